The molecule has 0 radical (unpaired) electrons. The summed E-state index contributed by atoms with van der Waals surface area (Å²) in [5.74, 6) is 0.267. The zero-order valence-corrected chi connectivity index (χ0v) is 18.3. The van der Waals surface area contributed by atoms with Gasteiger partial charge in [0, 0.05) is 18.3 Å². The highest BCUT2D eigenvalue weighted by Gasteiger charge is 2.30. The Morgan fingerprint density at radius 1 is 1.19 bits per heavy atom. The number of thioether (sulfide) groups is 1. The van der Waals surface area contributed by atoms with E-state index in [0.29, 0.717) is 22.6 Å². The highest BCUT2D eigenvalue weighted by atomic mass is 32.2. The Hall–Kier alpha value is -2.64. The smallest absolute Gasteiger partial charge is 0.262 e. The Morgan fingerprint density at radius 3 is 2.84 bits per heavy atom. The van der Waals surface area contributed by atoms with Crippen LogP contribution in [0.5, 0.6) is 0 Å². The largest absolute Gasteiger partial charge is 0.376 e. The number of carbonyl (C=O) groups is 1. The van der Waals surface area contributed by atoms with Crippen LogP contribution < -0.4 is 10.5 Å². The maximum absolute atomic E-state index is 13.2. The monoisotopic (exact) mass is 435 g/mol. The van der Waals surface area contributed by atoms with Crippen LogP contribution in [0, 0.1) is 0 Å². The van der Waals surface area contributed by atoms with Crippen LogP contribution in [0.15, 0.2) is 58.5 Å². The topological polar surface area (TPSA) is 64.4 Å². The molecule has 2 aliphatic heterocycles. The van der Waals surface area contributed by atoms with Gasteiger partial charge >= 0.3 is 0 Å². The molecule has 0 aliphatic carbocycles. The molecule has 31 heavy (non-hydrogen) atoms. The summed E-state index contributed by atoms with van der Waals surface area (Å²) < 4.78 is 7.46. The number of hydrogen-bond donors (Lipinski definition) is 0. The van der Waals surface area contributed by atoms with Gasteiger partial charge in [-0.2, -0.15) is 0 Å². The molecule has 0 saturated carbocycles. The van der Waals surface area contributed by atoms with Crippen LogP contribution in [0.2, 0.25) is 0 Å². The Balaban J connectivity index is 1.43. The van der Waals surface area contributed by atoms with E-state index in [0.717, 1.165) is 31.6 Å². The van der Waals surface area contributed by atoms with E-state index in [1.165, 1.54) is 17.3 Å². The van der Waals surface area contributed by atoms with Gasteiger partial charge < -0.3 is 9.64 Å². The van der Waals surface area contributed by atoms with Gasteiger partial charge in [0.05, 0.1) is 29.3 Å². The highest BCUT2D eigenvalue weighted by molar-refractivity contribution is 7.99. The summed E-state index contributed by atoms with van der Waals surface area (Å²) >= 11 is 1.34. The number of fused-ring (bicyclic) bond motifs is 2. The number of aromatic nitrogens is 2. The molecule has 1 fully saturated rings. The quantitative estimate of drug-likeness (QED) is 0.452. The van der Waals surface area contributed by atoms with Gasteiger partial charge in [0.25, 0.3) is 5.56 Å². The zero-order chi connectivity index (χ0) is 21.4. The fourth-order valence-electron chi connectivity index (χ4n) is 4.55. The van der Waals surface area contributed by atoms with Crippen molar-refractivity contribution in [3.8, 4) is 0 Å². The van der Waals surface area contributed by atoms with Gasteiger partial charge in [-0.1, -0.05) is 42.1 Å². The lowest BCUT2D eigenvalue weighted by Crippen LogP contribution is -2.37. The maximum Gasteiger partial charge on any atom is 0.262 e. The minimum absolute atomic E-state index is 0.0150. The van der Waals surface area contributed by atoms with E-state index >= 15 is 0 Å². The predicted octanol–water partition coefficient (Wildman–Crippen LogP) is 3.65. The van der Waals surface area contributed by atoms with Crippen LogP contribution in [0.4, 0.5) is 5.69 Å². The number of rotatable bonds is 5. The molecule has 2 atom stereocenters. The lowest BCUT2D eigenvalue weighted by molar-refractivity contribution is -0.116. The number of anilines is 1. The summed E-state index contributed by atoms with van der Waals surface area (Å²) in [6.45, 7) is 3.27. The Morgan fingerprint density at radius 2 is 2.00 bits per heavy atom. The molecule has 7 heteroatoms. The SMILES string of the molecule is C[C@H]1Cc2ccccc2N1C(=O)CSc1nc2ccccc2c(=O)n1C[C@H]1CCCO1. The van der Waals surface area contributed by atoms with Gasteiger partial charge in [-0.05, 0) is 49.9 Å². The Labute approximate surface area is 185 Å². The number of benzene rings is 2. The number of para-hydroxylation sites is 2. The van der Waals surface area contributed by atoms with Gasteiger partial charge in [-0.25, -0.2) is 4.98 Å². The van der Waals surface area contributed by atoms with Crippen LogP contribution in [0.1, 0.15) is 25.3 Å². The summed E-state index contributed by atoms with van der Waals surface area (Å²) in [7, 11) is 0. The third kappa shape index (κ3) is 3.88. The number of carbonyl (C=O) groups excluding carboxylic acids is 1. The average Bonchev–Trinajstić information content (AvgIpc) is 3.41. The third-order valence-electron chi connectivity index (χ3n) is 6.04. The normalized spacial score (nSPS) is 20.4. The molecule has 1 aromatic heterocycles. The van der Waals surface area contributed by atoms with Gasteiger partial charge in [0.15, 0.2) is 5.16 Å². The Kier molecular flexibility index (Phi) is 5.54. The second-order valence-electron chi connectivity index (χ2n) is 8.20. The lowest BCUT2D eigenvalue weighted by atomic mass is 10.1. The van der Waals surface area contributed by atoms with Crippen molar-refractivity contribution in [2.45, 2.75) is 50.0 Å². The maximum atomic E-state index is 13.2. The van der Waals surface area contributed by atoms with Gasteiger partial charge in [0.2, 0.25) is 5.91 Å². The summed E-state index contributed by atoms with van der Waals surface area (Å²) in [6, 6.07) is 15.6. The lowest BCUT2D eigenvalue weighted by Gasteiger charge is -2.23. The number of ether oxygens (including phenoxy) is 1. The van der Waals surface area contributed by atoms with E-state index in [4.69, 9.17) is 9.72 Å². The van der Waals surface area contributed by atoms with Gasteiger partial charge in [-0.3, -0.25) is 14.2 Å². The highest BCUT2D eigenvalue weighted by Crippen LogP contribution is 2.33. The Bertz CT molecular complexity index is 1190. The van der Waals surface area contributed by atoms with Gasteiger partial charge in [0.1, 0.15) is 0 Å². The van der Waals surface area contributed by atoms with Crippen molar-refractivity contribution in [2.75, 3.05) is 17.3 Å². The summed E-state index contributed by atoms with van der Waals surface area (Å²) in [4.78, 5) is 33.0. The number of nitrogens with zero attached hydrogens (tertiary/aromatic N) is 3. The number of amides is 1. The van der Waals surface area contributed by atoms with Crippen LogP contribution in [0.25, 0.3) is 10.9 Å². The first-order valence-electron chi connectivity index (χ1n) is 10.8. The molecule has 0 bridgehead atoms. The molecule has 1 amide bonds. The first kappa shape index (κ1) is 20.3. The molecular formula is C24H25N3O3S. The zero-order valence-electron chi connectivity index (χ0n) is 17.5. The van der Waals surface area contributed by atoms with E-state index < -0.39 is 0 Å². The van der Waals surface area contributed by atoms with Gasteiger partial charge in [-0.15, -0.1) is 0 Å². The van der Waals surface area contributed by atoms with Crippen LogP contribution in [-0.4, -0.2) is 40.0 Å². The molecule has 1 saturated heterocycles. The van der Waals surface area contributed by atoms with Crippen molar-refractivity contribution in [1.82, 2.24) is 9.55 Å². The van der Waals surface area contributed by atoms with E-state index in [2.05, 4.69) is 13.0 Å². The first-order valence-corrected chi connectivity index (χ1v) is 11.7. The van der Waals surface area contributed by atoms with Crippen molar-refractivity contribution >= 4 is 34.3 Å². The minimum atomic E-state index is -0.0732. The van der Waals surface area contributed by atoms with E-state index in [1.807, 2.05) is 41.3 Å². The van der Waals surface area contributed by atoms with Crippen molar-refractivity contribution in [1.29, 1.82) is 0 Å². The molecule has 2 aliphatic rings. The third-order valence-corrected chi connectivity index (χ3v) is 7.00. The van der Waals surface area contributed by atoms with E-state index in [9.17, 15) is 9.59 Å². The molecule has 160 valence electrons. The summed E-state index contributed by atoms with van der Waals surface area (Å²) in [5, 5.41) is 1.17. The van der Waals surface area contributed by atoms with Crippen LogP contribution >= 0.6 is 11.8 Å². The molecule has 0 spiro atoms. The van der Waals surface area contributed by atoms with Crippen molar-refractivity contribution in [3.05, 3.63) is 64.4 Å². The van der Waals surface area contributed by atoms with Crippen LogP contribution in [-0.2, 0) is 22.5 Å². The first-order chi connectivity index (χ1) is 15.1. The fourth-order valence-corrected chi connectivity index (χ4v) is 5.42. The standard InChI is InChI=1S/C24H25N3O3S/c1-16-13-17-7-2-5-11-21(17)27(16)22(28)15-31-24-25-20-10-4-3-9-19(20)23(29)26(24)14-18-8-6-12-30-18/h2-5,7,9-11,16,18H,6,8,12-15H2,1H3/t16-,18+/m0/s1. The second kappa shape index (κ2) is 8.48. The molecule has 0 N–H and O–H groups in total. The minimum Gasteiger partial charge on any atom is -0.376 e. The molecule has 3 aromatic rings. The molecular weight excluding hydrogens is 410 g/mol. The van der Waals surface area contributed by atoms with Crippen molar-refractivity contribution < 1.29 is 9.53 Å². The van der Waals surface area contributed by atoms with E-state index in [1.54, 1.807) is 10.6 Å². The fraction of sp³-hybridized carbons (Fsp3) is 0.375. The molecule has 5 rings (SSSR count). The summed E-state index contributed by atoms with van der Waals surface area (Å²) in [6.07, 6.45) is 2.82. The number of hydrogen-bond acceptors (Lipinski definition) is 5. The molecule has 2 aromatic carbocycles. The van der Waals surface area contributed by atoms with Crippen molar-refractivity contribution in [2.24, 2.45) is 0 Å². The van der Waals surface area contributed by atoms with E-state index in [-0.39, 0.29) is 29.4 Å². The predicted molar refractivity (Wildman–Crippen MR) is 123 cm³/mol. The molecule has 0 unspecified atom stereocenters. The second-order valence-corrected chi connectivity index (χ2v) is 9.14. The van der Waals surface area contributed by atoms with Crippen LogP contribution in [0.3, 0.4) is 0 Å². The average molecular weight is 436 g/mol. The molecule has 3 heterocycles. The van der Waals surface area contributed by atoms with Crippen molar-refractivity contribution in [3.63, 3.8) is 0 Å². The molecule has 6 nitrogen and oxygen atoms in total. The summed E-state index contributed by atoms with van der Waals surface area (Å²) in [5.41, 5.74) is 2.78.